The SMILES string of the molecule is CC.CCCCC1CCc2cc(OC)ccc2C1=O. The largest absolute Gasteiger partial charge is 0.497 e. The molecule has 0 fully saturated rings. The highest BCUT2D eigenvalue weighted by Gasteiger charge is 2.26. The monoisotopic (exact) mass is 262 g/mol. The van der Waals surface area contributed by atoms with Gasteiger partial charge in [-0.25, -0.2) is 0 Å². The van der Waals surface area contributed by atoms with Gasteiger partial charge in [0.05, 0.1) is 7.11 Å². The predicted molar refractivity (Wildman–Crippen MR) is 80.0 cm³/mol. The van der Waals surface area contributed by atoms with Crippen molar-refractivity contribution in [3.8, 4) is 5.75 Å². The van der Waals surface area contributed by atoms with Crippen molar-refractivity contribution in [3.05, 3.63) is 29.3 Å². The molecule has 2 heteroatoms. The fourth-order valence-electron chi connectivity index (χ4n) is 2.55. The lowest BCUT2D eigenvalue weighted by atomic mass is 9.80. The maximum Gasteiger partial charge on any atom is 0.166 e. The van der Waals surface area contributed by atoms with Gasteiger partial charge >= 0.3 is 0 Å². The summed E-state index contributed by atoms with van der Waals surface area (Å²) in [7, 11) is 1.66. The van der Waals surface area contributed by atoms with Crippen molar-refractivity contribution in [1.29, 1.82) is 0 Å². The van der Waals surface area contributed by atoms with E-state index in [1.54, 1.807) is 7.11 Å². The molecule has 1 aliphatic rings. The van der Waals surface area contributed by atoms with E-state index in [1.165, 1.54) is 6.42 Å². The third kappa shape index (κ3) is 3.82. The Morgan fingerprint density at radius 3 is 2.68 bits per heavy atom. The zero-order valence-corrected chi connectivity index (χ0v) is 12.7. The number of ketones is 1. The van der Waals surface area contributed by atoms with E-state index in [0.717, 1.165) is 42.6 Å². The molecule has 0 aromatic heterocycles. The summed E-state index contributed by atoms with van der Waals surface area (Å²) in [6.45, 7) is 6.17. The Morgan fingerprint density at radius 1 is 1.32 bits per heavy atom. The second kappa shape index (κ2) is 7.98. The first-order chi connectivity index (χ1) is 9.26. The lowest BCUT2D eigenvalue weighted by Gasteiger charge is -2.23. The minimum absolute atomic E-state index is 0.246. The summed E-state index contributed by atoms with van der Waals surface area (Å²) in [5.74, 6) is 1.43. The first-order valence-corrected chi connectivity index (χ1v) is 7.47. The van der Waals surface area contributed by atoms with Crippen molar-refractivity contribution in [1.82, 2.24) is 0 Å². The van der Waals surface area contributed by atoms with Crippen molar-refractivity contribution < 1.29 is 9.53 Å². The standard InChI is InChI=1S/C15H20O2.C2H6/c1-3-4-5-11-6-7-12-10-13(17-2)8-9-14(12)15(11)16;1-2/h8-11H,3-7H2,1-2H3;1-2H3. The van der Waals surface area contributed by atoms with Crippen molar-refractivity contribution >= 4 is 5.78 Å². The van der Waals surface area contributed by atoms with E-state index in [2.05, 4.69) is 6.92 Å². The molecule has 1 aromatic carbocycles. The van der Waals surface area contributed by atoms with Crippen LogP contribution in [0.3, 0.4) is 0 Å². The van der Waals surface area contributed by atoms with Crippen LogP contribution in [0.25, 0.3) is 0 Å². The smallest absolute Gasteiger partial charge is 0.166 e. The molecule has 1 aromatic rings. The van der Waals surface area contributed by atoms with Gasteiger partial charge in [0.1, 0.15) is 5.75 Å². The number of fused-ring (bicyclic) bond motifs is 1. The molecule has 106 valence electrons. The molecule has 1 atom stereocenters. The van der Waals surface area contributed by atoms with Gasteiger partial charge in [-0.3, -0.25) is 4.79 Å². The van der Waals surface area contributed by atoms with Crippen LogP contribution in [-0.2, 0) is 6.42 Å². The highest BCUT2D eigenvalue weighted by molar-refractivity contribution is 6.00. The van der Waals surface area contributed by atoms with Crippen LogP contribution >= 0.6 is 0 Å². The molecular weight excluding hydrogens is 236 g/mol. The molecule has 1 unspecified atom stereocenters. The molecule has 1 aliphatic carbocycles. The molecular formula is C17H26O2. The van der Waals surface area contributed by atoms with Gasteiger partial charge in [-0.1, -0.05) is 33.6 Å². The summed E-state index contributed by atoms with van der Waals surface area (Å²) in [6, 6.07) is 5.82. The molecule has 0 N–H and O–H groups in total. The average Bonchev–Trinajstić information content (AvgIpc) is 2.48. The average molecular weight is 262 g/mol. The molecule has 0 radical (unpaired) electrons. The van der Waals surface area contributed by atoms with Gasteiger partial charge in [0.25, 0.3) is 0 Å². The molecule has 2 rings (SSSR count). The van der Waals surface area contributed by atoms with Crippen LogP contribution < -0.4 is 4.74 Å². The van der Waals surface area contributed by atoms with Gasteiger partial charge in [0.2, 0.25) is 0 Å². The summed E-state index contributed by atoms with van der Waals surface area (Å²) < 4.78 is 5.20. The van der Waals surface area contributed by atoms with Gasteiger partial charge in [-0.2, -0.15) is 0 Å². The van der Waals surface area contributed by atoms with Crippen LogP contribution in [0, 0.1) is 5.92 Å². The number of methoxy groups -OCH3 is 1. The highest BCUT2D eigenvalue weighted by Crippen LogP contribution is 2.30. The minimum atomic E-state index is 0.246. The van der Waals surface area contributed by atoms with Crippen LogP contribution in [-0.4, -0.2) is 12.9 Å². The zero-order chi connectivity index (χ0) is 14.3. The number of Topliss-reactive ketones (excluding diaryl/α,β-unsaturated/α-hetero) is 1. The molecule has 0 amide bonds. The highest BCUT2D eigenvalue weighted by atomic mass is 16.5. The summed E-state index contributed by atoms with van der Waals surface area (Å²) in [4.78, 5) is 12.3. The van der Waals surface area contributed by atoms with Gasteiger partial charge < -0.3 is 4.74 Å². The van der Waals surface area contributed by atoms with E-state index in [4.69, 9.17) is 4.74 Å². The molecule has 0 saturated heterocycles. The van der Waals surface area contributed by atoms with E-state index < -0.39 is 0 Å². The minimum Gasteiger partial charge on any atom is -0.497 e. The lowest BCUT2D eigenvalue weighted by molar-refractivity contribution is 0.0893. The number of rotatable bonds is 4. The number of ether oxygens (including phenoxy) is 1. The Hall–Kier alpha value is -1.31. The third-order valence-corrected chi connectivity index (χ3v) is 3.62. The Bertz CT molecular complexity index is 410. The van der Waals surface area contributed by atoms with Crippen molar-refractivity contribution in [2.45, 2.75) is 52.9 Å². The maximum atomic E-state index is 12.3. The van der Waals surface area contributed by atoms with Crippen LogP contribution in [0.4, 0.5) is 0 Å². The second-order valence-corrected chi connectivity index (χ2v) is 4.77. The molecule has 0 spiro atoms. The lowest BCUT2D eigenvalue weighted by Crippen LogP contribution is -2.22. The van der Waals surface area contributed by atoms with Crippen molar-refractivity contribution in [2.24, 2.45) is 5.92 Å². The number of unbranched alkanes of at least 4 members (excludes halogenated alkanes) is 1. The van der Waals surface area contributed by atoms with E-state index in [1.807, 2.05) is 32.0 Å². The number of carbonyl (C=O) groups excluding carboxylic acids is 1. The molecule has 0 heterocycles. The second-order valence-electron chi connectivity index (χ2n) is 4.77. The number of aryl methyl sites for hydroxylation is 1. The van der Waals surface area contributed by atoms with Gasteiger partial charge in [-0.15, -0.1) is 0 Å². The molecule has 2 nitrogen and oxygen atoms in total. The number of hydrogen-bond acceptors (Lipinski definition) is 2. The zero-order valence-electron chi connectivity index (χ0n) is 12.7. The molecule has 19 heavy (non-hydrogen) atoms. The molecule has 0 bridgehead atoms. The Labute approximate surface area is 117 Å². The Kier molecular flexibility index (Phi) is 6.61. The summed E-state index contributed by atoms with van der Waals surface area (Å²) in [6.07, 6.45) is 5.37. The maximum absolute atomic E-state index is 12.3. The van der Waals surface area contributed by atoms with E-state index in [0.29, 0.717) is 5.78 Å². The predicted octanol–water partition coefficient (Wildman–Crippen LogP) is 4.66. The van der Waals surface area contributed by atoms with Crippen LogP contribution in [0.1, 0.15) is 62.4 Å². The summed E-state index contributed by atoms with van der Waals surface area (Å²) in [5, 5.41) is 0. The summed E-state index contributed by atoms with van der Waals surface area (Å²) in [5.41, 5.74) is 2.07. The van der Waals surface area contributed by atoms with E-state index in [-0.39, 0.29) is 5.92 Å². The normalized spacial score (nSPS) is 17.3. The first-order valence-electron chi connectivity index (χ1n) is 7.47. The molecule has 0 saturated carbocycles. The van der Waals surface area contributed by atoms with Gasteiger partial charge in [0.15, 0.2) is 5.78 Å². The quantitative estimate of drug-likeness (QED) is 0.789. The van der Waals surface area contributed by atoms with Crippen molar-refractivity contribution in [2.75, 3.05) is 7.11 Å². The van der Waals surface area contributed by atoms with Crippen LogP contribution in [0.5, 0.6) is 5.75 Å². The van der Waals surface area contributed by atoms with Crippen LogP contribution in [0.15, 0.2) is 18.2 Å². The van der Waals surface area contributed by atoms with Gasteiger partial charge in [0, 0.05) is 11.5 Å². The van der Waals surface area contributed by atoms with E-state index in [9.17, 15) is 4.79 Å². The first kappa shape index (κ1) is 15.7. The fourth-order valence-corrected chi connectivity index (χ4v) is 2.55. The third-order valence-electron chi connectivity index (χ3n) is 3.62. The van der Waals surface area contributed by atoms with Crippen molar-refractivity contribution in [3.63, 3.8) is 0 Å². The molecule has 0 aliphatic heterocycles. The number of hydrogen-bond donors (Lipinski definition) is 0. The van der Waals surface area contributed by atoms with E-state index >= 15 is 0 Å². The Balaban J connectivity index is 0.000000861. The number of carbonyl (C=O) groups is 1. The fraction of sp³-hybridized carbons (Fsp3) is 0.588. The van der Waals surface area contributed by atoms with Gasteiger partial charge in [-0.05, 0) is 43.0 Å². The summed E-state index contributed by atoms with van der Waals surface area (Å²) >= 11 is 0. The Morgan fingerprint density at radius 2 is 2.05 bits per heavy atom. The van der Waals surface area contributed by atoms with Crippen LogP contribution in [0.2, 0.25) is 0 Å². The number of benzene rings is 1. The topological polar surface area (TPSA) is 26.3 Å².